The number of rotatable bonds is 4. The third-order valence-electron chi connectivity index (χ3n) is 3.82. The highest BCUT2D eigenvalue weighted by Crippen LogP contribution is 2.20. The van der Waals surface area contributed by atoms with E-state index in [4.69, 9.17) is 5.11 Å². The average molecular weight is 320 g/mol. The molecule has 5 nitrogen and oxygen atoms in total. The largest absolute Gasteiger partial charge is 0.477 e. The van der Waals surface area contributed by atoms with Crippen LogP contribution in [0.25, 0.3) is 10.8 Å². The number of carboxylic acid groups (broad SMARTS) is 1. The Morgan fingerprint density at radius 3 is 2.42 bits per heavy atom. The second-order valence-electron chi connectivity index (χ2n) is 5.51. The summed E-state index contributed by atoms with van der Waals surface area (Å²) in [7, 11) is 0. The van der Waals surface area contributed by atoms with Crippen LogP contribution >= 0.6 is 0 Å². The minimum atomic E-state index is -1.16. The first-order chi connectivity index (χ1) is 11.5. The summed E-state index contributed by atoms with van der Waals surface area (Å²) in [6.45, 7) is 1.88. The molecule has 0 aliphatic heterocycles. The van der Waals surface area contributed by atoms with Crippen molar-refractivity contribution in [1.29, 1.82) is 0 Å². The lowest BCUT2D eigenvalue weighted by molar-refractivity contribution is 0.0690. The Morgan fingerprint density at radius 1 is 0.958 bits per heavy atom. The summed E-state index contributed by atoms with van der Waals surface area (Å²) in [6, 6.07) is 18.1. The summed E-state index contributed by atoms with van der Waals surface area (Å²) in [4.78, 5) is 27.1. The number of pyridine rings is 1. The van der Waals surface area contributed by atoms with E-state index < -0.39 is 11.9 Å². The fraction of sp³-hybridized carbons (Fsp3) is 0.105. The number of hydrogen-bond donors (Lipinski definition) is 2. The molecule has 0 aliphatic carbocycles. The van der Waals surface area contributed by atoms with Gasteiger partial charge in [0.15, 0.2) is 0 Å². The van der Waals surface area contributed by atoms with Crippen LogP contribution in [0.1, 0.15) is 39.5 Å². The van der Waals surface area contributed by atoms with Gasteiger partial charge in [-0.25, -0.2) is 9.78 Å². The Hall–Kier alpha value is -3.21. The fourth-order valence-corrected chi connectivity index (χ4v) is 2.51. The van der Waals surface area contributed by atoms with Gasteiger partial charge in [-0.15, -0.1) is 0 Å². The van der Waals surface area contributed by atoms with Gasteiger partial charge in [0.25, 0.3) is 5.91 Å². The molecule has 1 aromatic heterocycles. The second kappa shape index (κ2) is 6.50. The minimum absolute atomic E-state index is 0.0857. The molecule has 0 radical (unpaired) electrons. The van der Waals surface area contributed by atoms with Crippen LogP contribution in [0.3, 0.4) is 0 Å². The van der Waals surface area contributed by atoms with E-state index in [1.54, 1.807) is 0 Å². The summed E-state index contributed by atoms with van der Waals surface area (Å²) in [5, 5.41) is 14.0. The van der Waals surface area contributed by atoms with Crippen LogP contribution in [0, 0.1) is 0 Å². The van der Waals surface area contributed by atoms with Crippen molar-refractivity contribution < 1.29 is 14.7 Å². The minimum Gasteiger partial charge on any atom is -0.477 e. The van der Waals surface area contributed by atoms with E-state index in [1.807, 2.05) is 49.4 Å². The predicted molar refractivity (Wildman–Crippen MR) is 91.0 cm³/mol. The number of nitrogens with one attached hydrogen (secondary N) is 1. The number of aromatic carboxylic acids is 1. The van der Waals surface area contributed by atoms with E-state index in [1.165, 1.54) is 18.2 Å². The Morgan fingerprint density at radius 2 is 1.67 bits per heavy atom. The summed E-state index contributed by atoms with van der Waals surface area (Å²) in [6.07, 6.45) is 0. The first-order valence-electron chi connectivity index (χ1n) is 7.54. The maximum Gasteiger partial charge on any atom is 0.354 e. The van der Waals surface area contributed by atoms with E-state index in [-0.39, 0.29) is 17.4 Å². The molecule has 24 heavy (non-hydrogen) atoms. The first kappa shape index (κ1) is 15.7. The topological polar surface area (TPSA) is 79.3 Å². The van der Waals surface area contributed by atoms with Crippen molar-refractivity contribution in [3.8, 4) is 0 Å². The number of benzene rings is 2. The highest BCUT2D eigenvalue weighted by atomic mass is 16.4. The molecular weight excluding hydrogens is 304 g/mol. The van der Waals surface area contributed by atoms with Crippen molar-refractivity contribution in [1.82, 2.24) is 10.3 Å². The van der Waals surface area contributed by atoms with E-state index in [2.05, 4.69) is 10.3 Å². The second-order valence-corrected chi connectivity index (χ2v) is 5.51. The SMILES string of the molecule is C[C@H](NC(=O)c1cccc(C(=O)O)n1)c1ccc2ccccc2c1. The van der Waals surface area contributed by atoms with Crippen LogP contribution in [-0.4, -0.2) is 22.0 Å². The van der Waals surface area contributed by atoms with Gasteiger partial charge in [-0.2, -0.15) is 0 Å². The molecule has 0 unspecified atom stereocenters. The molecule has 3 rings (SSSR count). The van der Waals surface area contributed by atoms with Gasteiger partial charge in [0.1, 0.15) is 11.4 Å². The van der Waals surface area contributed by atoms with Gasteiger partial charge in [-0.05, 0) is 41.5 Å². The van der Waals surface area contributed by atoms with Gasteiger partial charge in [0.05, 0.1) is 6.04 Å². The van der Waals surface area contributed by atoms with Crippen molar-refractivity contribution in [3.05, 3.63) is 77.6 Å². The van der Waals surface area contributed by atoms with E-state index in [0.29, 0.717) is 0 Å². The maximum atomic E-state index is 12.3. The quantitative estimate of drug-likeness (QED) is 0.772. The summed E-state index contributed by atoms with van der Waals surface area (Å²) >= 11 is 0. The van der Waals surface area contributed by atoms with Gasteiger partial charge < -0.3 is 10.4 Å². The molecule has 2 aromatic carbocycles. The van der Waals surface area contributed by atoms with Crippen LogP contribution in [-0.2, 0) is 0 Å². The fourth-order valence-electron chi connectivity index (χ4n) is 2.51. The molecule has 120 valence electrons. The molecule has 0 spiro atoms. The zero-order valence-corrected chi connectivity index (χ0v) is 13.1. The standard InChI is InChI=1S/C19H16N2O3/c1-12(14-10-9-13-5-2-3-6-15(13)11-14)20-18(22)16-7-4-8-17(21-16)19(23)24/h2-12H,1H3,(H,20,22)(H,23,24)/t12-/m0/s1. The average Bonchev–Trinajstić information content (AvgIpc) is 2.61. The monoisotopic (exact) mass is 320 g/mol. The highest BCUT2D eigenvalue weighted by Gasteiger charge is 2.15. The van der Waals surface area contributed by atoms with Crippen LogP contribution in [0.5, 0.6) is 0 Å². The number of carbonyl (C=O) groups is 2. The van der Waals surface area contributed by atoms with Gasteiger partial charge in [0, 0.05) is 0 Å². The first-order valence-corrected chi connectivity index (χ1v) is 7.54. The number of hydrogen-bond acceptors (Lipinski definition) is 3. The summed E-state index contributed by atoms with van der Waals surface area (Å²) < 4.78 is 0. The van der Waals surface area contributed by atoms with Crippen LogP contribution < -0.4 is 5.32 Å². The van der Waals surface area contributed by atoms with E-state index in [9.17, 15) is 9.59 Å². The molecule has 3 aromatic rings. The number of amides is 1. The Kier molecular flexibility index (Phi) is 4.24. The number of carboxylic acids is 1. The van der Waals surface area contributed by atoms with Crippen LogP contribution in [0.4, 0.5) is 0 Å². The van der Waals surface area contributed by atoms with Gasteiger partial charge in [-0.3, -0.25) is 4.79 Å². The van der Waals surface area contributed by atoms with Crippen molar-refractivity contribution in [2.45, 2.75) is 13.0 Å². The smallest absolute Gasteiger partial charge is 0.354 e. The third-order valence-corrected chi connectivity index (χ3v) is 3.82. The number of fused-ring (bicyclic) bond motifs is 1. The number of aromatic nitrogens is 1. The van der Waals surface area contributed by atoms with Crippen LogP contribution in [0.2, 0.25) is 0 Å². The van der Waals surface area contributed by atoms with E-state index in [0.717, 1.165) is 16.3 Å². The predicted octanol–water partition coefficient (Wildman–Crippen LogP) is 3.42. The molecule has 2 N–H and O–H groups in total. The molecule has 5 heteroatoms. The third kappa shape index (κ3) is 3.25. The van der Waals surface area contributed by atoms with Crippen molar-refractivity contribution >= 4 is 22.6 Å². The molecule has 1 amide bonds. The van der Waals surface area contributed by atoms with E-state index >= 15 is 0 Å². The van der Waals surface area contributed by atoms with Crippen molar-refractivity contribution in [3.63, 3.8) is 0 Å². The lowest BCUT2D eigenvalue weighted by atomic mass is 10.0. The van der Waals surface area contributed by atoms with Crippen molar-refractivity contribution in [2.75, 3.05) is 0 Å². The van der Waals surface area contributed by atoms with Crippen LogP contribution in [0.15, 0.2) is 60.7 Å². The number of nitrogens with zero attached hydrogens (tertiary/aromatic N) is 1. The molecule has 1 atom stereocenters. The molecular formula is C19H16N2O3. The Balaban J connectivity index is 1.80. The molecule has 0 bridgehead atoms. The zero-order chi connectivity index (χ0) is 17.1. The summed E-state index contributed by atoms with van der Waals surface area (Å²) in [5.74, 6) is -1.56. The molecule has 0 fully saturated rings. The maximum absolute atomic E-state index is 12.3. The lowest BCUT2D eigenvalue weighted by Gasteiger charge is -2.15. The molecule has 1 heterocycles. The highest BCUT2D eigenvalue weighted by molar-refractivity contribution is 5.94. The molecule has 0 aliphatic rings. The van der Waals surface area contributed by atoms with Gasteiger partial charge >= 0.3 is 5.97 Å². The number of carbonyl (C=O) groups excluding carboxylic acids is 1. The molecule has 0 saturated heterocycles. The summed E-state index contributed by atoms with van der Waals surface area (Å²) in [5.41, 5.74) is 0.903. The van der Waals surface area contributed by atoms with Crippen molar-refractivity contribution in [2.24, 2.45) is 0 Å². The lowest BCUT2D eigenvalue weighted by Crippen LogP contribution is -2.27. The zero-order valence-electron chi connectivity index (χ0n) is 13.1. The Bertz CT molecular complexity index is 921. The van der Waals surface area contributed by atoms with Gasteiger partial charge in [0.2, 0.25) is 0 Å². The van der Waals surface area contributed by atoms with Gasteiger partial charge in [-0.1, -0.05) is 42.5 Å². The normalized spacial score (nSPS) is 11.9. The Labute approximate surface area is 139 Å². The molecule has 0 saturated carbocycles.